The summed E-state index contributed by atoms with van der Waals surface area (Å²) in [7, 11) is 0. The van der Waals surface area contributed by atoms with Gasteiger partial charge in [-0.05, 0) is 51.4 Å². The summed E-state index contributed by atoms with van der Waals surface area (Å²) in [6.07, 6.45) is 34.8. The third-order valence-corrected chi connectivity index (χ3v) is 7.94. The second kappa shape index (κ2) is 29.7. The van der Waals surface area contributed by atoms with Crippen LogP contribution in [-0.2, 0) is 0 Å². The average molecular weight is 547 g/mol. The number of nitrogens with zero attached hydrogens (tertiary/aromatic N) is 1. The second-order valence-electron chi connectivity index (χ2n) is 11.3. The quantitative estimate of drug-likeness (QED) is 0.0685. The Hall–Kier alpha value is 0.440. The number of hydrogen-bond acceptors (Lipinski definition) is 0. The van der Waals surface area contributed by atoms with Gasteiger partial charge < -0.3 is 21.5 Å². The zero-order valence-electron chi connectivity index (χ0n) is 24.6. The van der Waals surface area contributed by atoms with Gasteiger partial charge in [0.1, 0.15) is 0 Å². The first kappa shape index (κ1) is 36.6. The molecule has 1 nitrogen and oxygen atoms in total. The van der Waals surface area contributed by atoms with Crippen molar-refractivity contribution in [2.45, 2.75) is 182 Å². The summed E-state index contributed by atoms with van der Waals surface area (Å²) in [6, 6.07) is 0. The van der Waals surface area contributed by atoms with Crippen LogP contribution in [0.2, 0.25) is 0 Å². The van der Waals surface area contributed by atoms with Gasteiger partial charge in [0.05, 0.1) is 26.2 Å². The number of unbranched alkanes of at least 4 members (excludes halogenated alkanes) is 20. The van der Waals surface area contributed by atoms with Crippen molar-refractivity contribution in [3.8, 4) is 0 Å². The molecule has 0 atom stereocenters. The molecular weight excluding hydrogens is 478 g/mol. The molecule has 0 amide bonds. The monoisotopic (exact) mass is 545 g/mol. The predicted octanol–water partition coefficient (Wildman–Crippen LogP) is 8.25. The molecule has 0 saturated heterocycles. The lowest BCUT2D eigenvalue weighted by atomic mass is 10.0. The maximum atomic E-state index is 2.36. The number of hydrogen-bond donors (Lipinski definition) is 0. The van der Waals surface area contributed by atoms with Crippen molar-refractivity contribution < 1.29 is 21.5 Å². The molecule has 0 radical (unpaired) electrons. The Balaban J connectivity index is 0. The minimum absolute atomic E-state index is 0. The van der Waals surface area contributed by atoms with Crippen LogP contribution in [0.4, 0.5) is 0 Å². The Morgan fingerprint density at radius 2 is 0.441 bits per heavy atom. The van der Waals surface area contributed by atoms with E-state index in [0.29, 0.717) is 0 Å². The third-order valence-electron chi connectivity index (χ3n) is 7.94. The van der Waals surface area contributed by atoms with E-state index in [2.05, 4.69) is 27.7 Å². The molecule has 0 aliphatic heterocycles. The van der Waals surface area contributed by atoms with Gasteiger partial charge in [-0.15, -0.1) is 0 Å². The van der Waals surface area contributed by atoms with Gasteiger partial charge in [-0.1, -0.05) is 130 Å². The van der Waals surface area contributed by atoms with Gasteiger partial charge in [-0.3, -0.25) is 0 Å². The molecule has 2 heteroatoms. The topological polar surface area (TPSA) is 0 Å². The van der Waals surface area contributed by atoms with E-state index in [1.165, 1.54) is 185 Å². The molecule has 0 unspecified atom stereocenters. The zero-order valence-corrected chi connectivity index (χ0v) is 26.2. The van der Waals surface area contributed by atoms with E-state index < -0.39 is 0 Å². The maximum Gasteiger partial charge on any atom is 0.0786 e. The van der Waals surface area contributed by atoms with Gasteiger partial charge >= 0.3 is 0 Å². The van der Waals surface area contributed by atoms with Crippen molar-refractivity contribution in [2.75, 3.05) is 26.2 Å². The Bertz CT molecular complexity index is 323. The lowest BCUT2D eigenvalue weighted by molar-refractivity contribution is -0.929. The molecule has 0 saturated carbocycles. The fourth-order valence-electron chi connectivity index (χ4n) is 5.58. The van der Waals surface area contributed by atoms with Crippen molar-refractivity contribution in [2.24, 2.45) is 0 Å². The van der Waals surface area contributed by atoms with E-state index in [1.807, 2.05) is 0 Å². The fourth-order valence-corrected chi connectivity index (χ4v) is 5.58. The normalized spacial score (nSPS) is 11.6. The molecule has 34 heavy (non-hydrogen) atoms. The van der Waals surface area contributed by atoms with E-state index >= 15 is 0 Å². The zero-order chi connectivity index (χ0) is 24.3. The summed E-state index contributed by atoms with van der Waals surface area (Å²) < 4.78 is 1.47. The molecule has 0 aliphatic rings. The third kappa shape index (κ3) is 24.1. The minimum atomic E-state index is 0. The Morgan fingerprint density at radius 3 is 0.676 bits per heavy atom. The Kier molecular flexibility index (Phi) is 31.9. The molecule has 0 heterocycles. The number of halogens is 1. The SMILES string of the molecule is CCCCCCCCCC[N+](CCCCCC)(CCCCCC)CCCCCCCCCC.[Br-]. The summed E-state index contributed by atoms with van der Waals surface area (Å²) in [5, 5.41) is 0. The van der Waals surface area contributed by atoms with Gasteiger partial charge in [-0.2, -0.15) is 0 Å². The maximum absolute atomic E-state index is 2.36. The molecule has 0 aromatic heterocycles. The highest BCUT2D eigenvalue weighted by Gasteiger charge is 2.25. The molecule has 0 bridgehead atoms. The molecule has 0 N–H and O–H groups in total. The summed E-state index contributed by atoms with van der Waals surface area (Å²) in [4.78, 5) is 0. The second-order valence-corrected chi connectivity index (χ2v) is 11.3. The van der Waals surface area contributed by atoms with E-state index in [-0.39, 0.29) is 17.0 Å². The molecule has 208 valence electrons. The van der Waals surface area contributed by atoms with E-state index in [1.54, 1.807) is 0 Å². The first-order valence-electron chi connectivity index (χ1n) is 16.1. The van der Waals surface area contributed by atoms with E-state index in [9.17, 15) is 0 Å². The molecule has 0 aliphatic carbocycles. The van der Waals surface area contributed by atoms with Crippen molar-refractivity contribution in [1.82, 2.24) is 0 Å². The largest absolute Gasteiger partial charge is 1.00 e. The highest BCUT2D eigenvalue weighted by Crippen LogP contribution is 2.20. The van der Waals surface area contributed by atoms with E-state index in [4.69, 9.17) is 0 Å². The lowest BCUT2D eigenvalue weighted by Crippen LogP contribution is -3.00. The molecule has 0 aromatic rings. The lowest BCUT2D eigenvalue weighted by Gasteiger charge is -2.39. The van der Waals surface area contributed by atoms with Crippen LogP contribution in [0, 0.1) is 0 Å². The van der Waals surface area contributed by atoms with Gasteiger partial charge in [0.25, 0.3) is 0 Å². The molecule has 0 fully saturated rings. The standard InChI is InChI=1S/C32H68N.BrH/c1-5-9-13-17-19-21-23-27-31-33(29-25-15-11-7-3,30-26-16-12-8-4)32-28-24-22-20-18-14-10-6-2;/h5-32H2,1-4H3;1H/q+1;/p-1. The highest BCUT2D eigenvalue weighted by atomic mass is 79.9. The van der Waals surface area contributed by atoms with Gasteiger partial charge in [0.15, 0.2) is 0 Å². The Labute approximate surface area is 229 Å². The van der Waals surface area contributed by atoms with Gasteiger partial charge in [-0.25, -0.2) is 0 Å². The smallest absolute Gasteiger partial charge is 0.0786 e. The first-order chi connectivity index (χ1) is 16.2. The predicted molar refractivity (Wildman–Crippen MR) is 153 cm³/mol. The van der Waals surface area contributed by atoms with Crippen LogP contribution < -0.4 is 17.0 Å². The average Bonchev–Trinajstić information content (AvgIpc) is 2.83. The fraction of sp³-hybridized carbons (Fsp3) is 1.00. The van der Waals surface area contributed by atoms with Crippen molar-refractivity contribution >= 4 is 0 Å². The minimum Gasteiger partial charge on any atom is -1.00 e. The van der Waals surface area contributed by atoms with Crippen LogP contribution in [0.25, 0.3) is 0 Å². The molecule has 0 aromatic carbocycles. The highest BCUT2D eigenvalue weighted by molar-refractivity contribution is 4.54. The molecule has 0 rings (SSSR count). The summed E-state index contributed by atoms with van der Waals surface area (Å²) in [5.74, 6) is 0. The van der Waals surface area contributed by atoms with Crippen molar-refractivity contribution in [3.05, 3.63) is 0 Å². The van der Waals surface area contributed by atoms with Crippen LogP contribution in [0.1, 0.15) is 182 Å². The van der Waals surface area contributed by atoms with Gasteiger partial charge in [0.2, 0.25) is 0 Å². The summed E-state index contributed by atoms with van der Waals surface area (Å²) in [6.45, 7) is 15.3. The van der Waals surface area contributed by atoms with Crippen molar-refractivity contribution in [3.63, 3.8) is 0 Å². The van der Waals surface area contributed by atoms with Crippen LogP contribution in [0.5, 0.6) is 0 Å². The van der Waals surface area contributed by atoms with Crippen LogP contribution >= 0.6 is 0 Å². The number of rotatable bonds is 28. The van der Waals surface area contributed by atoms with Crippen LogP contribution in [0.15, 0.2) is 0 Å². The van der Waals surface area contributed by atoms with Crippen LogP contribution in [-0.4, -0.2) is 30.7 Å². The van der Waals surface area contributed by atoms with Crippen LogP contribution in [0.3, 0.4) is 0 Å². The summed E-state index contributed by atoms with van der Waals surface area (Å²) >= 11 is 0. The number of quaternary nitrogens is 1. The summed E-state index contributed by atoms with van der Waals surface area (Å²) in [5.41, 5.74) is 0. The van der Waals surface area contributed by atoms with Crippen molar-refractivity contribution in [1.29, 1.82) is 0 Å². The first-order valence-corrected chi connectivity index (χ1v) is 16.1. The van der Waals surface area contributed by atoms with Gasteiger partial charge in [0, 0.05) is 0 Å². The molecular formula is C32H68BrN. The van der Waals surface area contributed by atoms with E-state index in [0.717, 1.165) is 0 Å². The Morgan fingerprint density at radius 1 is 0.265 bits per heavy atom. The molecule has 0 spiro atoms.